The van der Waals surface area contributed by atoms with Crippen LogP contribution in [-0.4, -0.2) is 16.1 Å². The number of thiophene rings is 1. The van der Waals surface area contributed by atoms with Crippen LogP contribution in [0.15, 0.2) is 47.2 Å². The molecule has 0 fully saturated rings. The molecule has 0 atom stereocenters. The maximum Gasteiger partial charge on any atom is 0.345 e. The van der Waals surface area contributed by atoms with Gasteiger partial charge < -0.3 is 9.84 Å². The molecule has 0 aliphatic carbocycles. The Balaban J connectivity index is 2.02. The van der Waals surface area contributed by atoms with E-state index >= 15 is 0 Å². The molecule has 3 rings (SSSR count). The first kappa shape index (κ1) is 13.1. The summed E-state index contributed by atoms with van der Waals surface area (Å²) in [4.78, 5) is 15.4. The molecule has 3 aromatic rings. The van der Waals surface area contributed by atoms with Crippen LogP contribution < -0.4 is 4.74 Å². The van der Waals surface area contributed by atoms with E-state index in [1.807, 2.05) is 24.3 Å². The monoisotopic (exact) mass is 349 g/mol. The van der Waals surface area contributed by atoms with E-state index in [1.54, 1.807) is 18.5 Å². The van der Waals surface area contributed by atoms with E-state index < -0.39 is 5.97 Å². The van der Waals surface area contributed by atoms with Crippen molar-refractivity contribution in [3.63, 3.8) is 0 Å². The number of aromatic nitrogens is 1. The lowest BCUT2D eigenvalue weighted by Gasteiger charge is -2.06. The highest BCUT2D eigenvalue weighted by Crippen LogP contribution is 2.34. The van der Waals surface area contributed by atoms with Gasteiger partial charge in [-0.3, -0.25) is 4.98 Å². The van der Waals surface area contributed by atoms with Gasteiger partial charge >= 0.3 is 5.97 Å². The summed E-state index contributed by atoms with van der Waals surface area (Å²) in [5.41, 5.74) is 0. The quantitative estimate of drug-likeness (QED) is 0.753. The zero-order valence-electron chi connectivity index (χ0n) is 10.0. The highest BCUT2D eigenvalue weighted by Gasteiger charge is 2.12. The zero-order chi connectivity index (χ0) is 14.1. The van der Waals surface area contributed by atoms with E-state index in [9.17, 15) is 4.79 Å². The zero-order valence-corrected chi connectivity index (χ0v) is 12.4. The molecule has 2 aromatic heterocycles. The van der Waals surface area contributed by atoms with Crippen LogP contribution in [0.3, 0.4) is 0 Å². The van der Waals surface area contributed by atoms with Crippen molar-refractivity contribution in [1.29, 1.82) is 0 Å². The van der Waals surface area contributed by atoms with Gasteiger partial charge in [0.05, 0.1) is 10.9 Å². The van der Waals surface area contributed by atoms with E-state index in [-0.39, 0.29) is 4.88 Å². The van der Waals surface area contributed by atoms with Crippen molar-refractivity contribution in [1.82, 2.24) is 4.98 Å². The van der Waals surface area contributed by atoms with Gasteiger partial charge in [-0.15, -0.1) is 11.3 Å². The number of carbonyl (C=O) groups is 1. The molecule has 1 aromatic carbocycles. The number of carboxylic acids is 1. The lowest BCUT2D eigenvalue weighted by molar-refractivity contribution is 0.0702. The second-order valence-electron chi connectivity index (χ2n) is 4.02. The predicted molar refractivity (Wildman–Crippen MR) is 80.8 cm³/mol. The summed E-state index contributed by atoms with van der Waals surface area (Å²) in [6.07, 6.45) is 3.23. The van der Waals surface area contributed by atoms with Crippen LogP contribution in [0.5, 0.6) is 11.5 Å². The highest BCUT2D eigenvalue weighted by molar-refractivity contribution is 9.10. The lowest BCUT2D eigenvalue weighted by atomic mass is 10.3. The average Bonchev–Trinajstić information content (AvgIpc) is 2.87. The molecule has 0 aliphatic rings. The minimum atomic E-state index is -0.944. The topological polar surface area (TPSA) is 59.4 Å². The Labute approximate surface area is 126 Å². The molecule has 6 heteroatoms. The number of aromatic carboxylic acids is 1. The summed E-state index contributed by atoms with van der Waals surface area (Å²) < 4.78 is 7.52. The fourth-order valence-electron chi connectivity index (χ4n) is 1.75. The van der Waals surface area contributed by atoms with Crippen molar-refractivity contribution < 1.29 is 14.6 Å². The first-order valence-electron chi connectivity index (χ1n) is 5.68. The second-order valence-corrected chi connectivity index (χ2v) is 6.02. The third kappa shape index (κ3) is 2.52. The van der Waals surface area contributed by atoms with Crippen molar-refractivity contribution in [3.8, 4) is 11.5 Å². The number of halogens is 1. The molecule has 0 spiro atoms. The molecule has 0 unspecified atom stereocenters. The fourth-order valence-corrected chi connectivity index (χ4v) is 2.90. The van der Waals surface area contributed by atoms with Gasteiger partial charge in [0, 0.05) is 16.1 Å². The van der Waals surface area contributed by atoms with Crippen LogP contribution in [0.25, 0.3) is 10.1 Å². The van der Waals surface area contributed by atoms with Crippen molar-refractivity contribution in [2.45, 2.75) is 0 Å². The number of pyridine rings is 1. The minimum Gasteiger partial charge on any atom is -0.477 e. The molecule has 0 radical (unpaired) electrons. The Hall–Kier alpha value is -1.92. The normalized spacial score (nSPS) is 10.7. The van der Waals surface area contributed by atoms with Crippen LogP contribution in [0.4, 0.5) is 0 Å². The summed E-state index contributed by atoms with van der Waals surface area (Å²) in [6.45, 7) is 0. The van der Waals surface area contributed by atoms with Crippen LogP contribution in [0.2, 0.25) is 0 Å². The predicted octanol–water partition coefficient (Wildman–Crippen LogP) is 4.55. The van der Waals surface area contributed by atoms with Crippen LogP contribution in [0.1, 0.15) is 9.67 Å². The van der Waals surface area contributed by atoms with Crippen molar-refractivity contribution >= 4 is 43.3 Å². The number of fused-ring (bicyclic) bond motifs is 1. The summed E-state index contributed by atoms with van der Waals surface area (Å²) >= 11 is 4.54. The minimum absolute atomic E-state index is 0.272. The van der Waals surface area contributed by atoms with E-state index in [4.69, 9.17) is 9.84 Å². The van der Waals surface area contributed by atoms with Gasteiger partial charge in [-0.2, -0.15) is 0 Å². The Morgan fingerprint density at radius 1 is 1.25 bits per heavy atom. The van der Waals surface area contributed by atoms with Gasteiger partial charge in [-0.25, -0.2) is 4.79 Å². The first-order chi connectivity index (χ1) is 9.63. The maximum atomic E-state index is 11.0. The van der Waals surface area contributed by atoms with E-state index in [2.05, 4.69) is 20.9 Å². The Bertz CT molecular complexity index is 783. The van der Waals surface area contributed by atoms with Gasteiger partial charge in [0.2, 0.25) is 0 Å². The molecule has 0 amide bonds. The van der Waals surface area contributed by atoms with E-state index in [1.165, 1.54) is 11.3 Å². The van der Waals surface area contributed by atoms with Crippen molar-refractivity contribution in [2.24, 2.45) is 0 Å². The SMILES string of the molecule is O=C(O)c1cc2c(Oc3ccc(Br)cc3)cncc2s1. The smallest absolute Gasteiger partial charge is 0.345 e. The molecule has 0 bridgehead atoms. The maximum absolute atomic E-state index is 11.0. The van der Waals surface area contributed by atoms with Gasteiger partial charge in [0.15, 0.2) is 5.75 Å². The Kier molecular flexibility index (Phi) is 3.42. The fraction of sp³-hybridized carbons (Fsp3) is 0. The second kappa shape index (κ2) is 5.22. The number of hydrogen-bond donors (Lipinski definition) is 1. The van der Waals surface area contributed by atoms with Crippen molar-refractivity contribution in [3.05, 3.63) is 52.1 Å². The summed E-state index contributed by atoms with van der Waals surface area (Å²) in [5.74, 6) is 0.278. The molecule has 1 N–H and O–H groups in total. The van der Waals surface area contributed by atoms with Gasteiger partial charge in [0.25, 0.3) is 0 Å². The molecule has 0 saturated heterocycles. The van der Waals surface area contributed by atoms with Crippen LogP contribution >= 0.6 is 27.3 Å². The number of nitrogens with zero attached hydrogens (tertiary/aromatic N) is 1. The Morgan fingerprint density at radius 2 is 2.00 bits per heavy atom. The summed E-state index contributed by atoms with van der Waals surface area (Å²) in [6, 6.07) is 9.01. The lowest BCUT2D eigenvalue weighted by Crippen LogP contribution is -1.89. The molecule has 100 valence electrons. The largest absolute Gasteiger partial charge is 0.477 e. The third-order valence-electron chi connectivity index (χ3n) is 2.66. The molecular weight excluding hydrogens is 342 g/mol. The van der Waals surface area contributed by atoms with Gasteiger partial charge in [-0.1, -0.05) is 15.9 Å². The number of carboxylic acid groups (broad SMARTS) is 1. The van der Waals surface area contributed by atoms with Crippen LogP contribution in [-0.2, 0) is 0 Å². The molecule has 4 nitrogen and oxygen atoms in total. The standard InChI is InChI=1S/C14H8BrNO3S/c15-8-1-3-9(4-2-8)19-11-6-16-7-13-10(11)5-12(20-13)14(17)18/h1-7H,(H,17,18). The highest BCUT2D eigenvalue weighted by atomic mass is 79.9. The first-order valence-corrected chi connectivity index (χ1v) is 7.29. The van der Waals surface area contributed by atoms with Gasteiger partial charge in [0.1, 0.15) is 10.6 Å². The number of ether oxygens (including phenoxy) is 1. The van der Waals surface area contributed by atoms with E-state index in [0.29, 0.717) is 11.5 Å². The number of rotatable bonds is 3. The summed E-state index contributed by atoms with van der Waals surface area (Å²) in [5, 5.41) is 9.80. The molecule has 0 aliphatic heterocycles. The van der Waals surface area contributed by atoms with Gasteiger partial charge in [-0.05, 0) is 30.3 Å². The third-order valence-corrected chi connectivity index (χ3v) is 4.25. The molecule has 2 heterocycles. The van der Waals surface area contributed by atoms with Crippen LogP contribution in [0, 0.1) is 0 Å². The molecule has 0 saturated carbocycles. The molecular formula is C14H8BrNO3S. The summed E-state index contributed by atoms with van der Waals surface area (Å²) in [7, 11) is 0. The Morgan fingerprint density at radius 3 is 2.70 bits per heavy atom. The average molecular weight is 350 g/mol. The number of hydrogen-bond acceptors (Lipinski definition) is 4. The number of benzene rings is 1. The van der Waals surface area contributed by atoms with Crippen molar-refractivity contribution in [2.75, 3.05) is 0 Å². The molecule has 20 heavy (non-hydrogen) atoms. The van der Waals surface area contributed by atoms with E-state index in [0.717, 1.165) is 14.6 Å².